The SMILES string of the molecule is [N-]=[N+]=Nc1nccc2c1ncn2C1CC(O)C(CO)O1. The lowest BCUT2D eigenvalue weighted by Gasteiger charge is -2.14. The summed E-state index contributed by atoms with van der Waals surface area (Å²) in [5.41, 5.74) is 9.66. The molecule has 1 saturated heterocycles. The molecule has 2 aromatic heterocycles. The van der Waals surface area contributed by atoms with Crippen LogP contribution in [0.15, 0.2) is 23.7 Å². The number of azide groups is 1. The second kappa shape index (κ2) is 5.06. The Labute approximate surface area is 113 Å². The molecule has 0 bridgehead atoms. The Bertz CT molecular complexity index is 680. The summed E-state index contributed by atoms with van der Waals surface area (Å²) in [4.78, 5) is 10.8. The highest BCUT2D eigenvalue weighted by Gasteiger charge is 2.35. The Balaban J connectivity index is 2.02. The van der Waals surface area contributed by atoms with E-state index in [-0.39, 0.29) is 12.4 Å². The number of ether oxygens (including phenoxy) is 1. The van der Waals surface area contributed by atoms with Crippen LogP contribution in [0.3, 0.4) is 0 Å². The van der Waals surface area contributed by atoms with Crippen molar-refractivity contribution in [2.45, 2.75) is 24.9 Å². The van der Waals surface area contributed by atoms with Gasteiger partial charge in [-0.2, -0.15) is 0 Å². The third kappa shape index (κ3) is 1.98. The number of hydrogen-bond acceptors (Lipinski definition) is 6. The van der Waals surface area contributed by atoms with E-state index in [1.54, 1.807) is 17.0 Å². The van der Waals surface area contributed by atoms with Crippen molar-refractivity contribution in [2.75, 3.05) is 6.61 Å². The maximum atomic E-state index is 9.77. The Hall–Kier alpha value is -2.19. The molecule has 3 rings (SSSR count). The molecule has 2 N–H and O–H groups in total. The van der Waals surface area contributed by atoms with Gasteiger partial charge in [0, 0.05) is 17.5 Å². The van der Waals surface area contributed by atoms with Crippen LogP contribution < -0.4 is 0 Å². The quantitative estimate of drug-likeness (QED) is 0.491. The lowest BCUT2D eigenvalue weighted by molar-refractivity contribution is -0.0430. The number of nitrogens with zero attached hydrogens (tertiary/aromatic N) is 6. The molecule has 104 valence electrons. The van der Waals surface area contributed by atoms with E-state index in [0.29, 0.717) is 17.5 Å². The van der Waals surface area contributed by atoms with Crippen LogP contribution in [0, 0.1) is 0 Å². The number of pyridine rings is 1. The van der Waals surface area contributed by atoms with Crippen molar-refractivity contribution in [3.8, 4) is 0 Å². The summed E-state index contributed by atoms with van der Waals surface area (Å²) in [5.74, 6) is 0.195. The van der Waals surface area contributed by atoms with Crippen molar-refractivity contribution in [3.63, 3.8) is 0 Å². The highest BCUT2D eigenvalue weighted by atomic mass is 16.5. The van der Waals surface area contributed by atoms with E-state index in [1.807, 2.05) is 0 Å². The molecule has 1 aliphatic rings. The van der Waals surface area contributed by atoms with Crippen LogP contribution in [-0.2, 0) is 4.74 Å². The van der Waals surface area contributed by atoms with E-state index in [4.69, 9.17) is 15.4 Å². The predicted octanol–water partition coefficient (Wildman–Crippen LogP) is 1.01. The number of aromatic nitrogens is 3. The molecule has 1 fully saturated rings. The summed E-state index contributed by atoms with van der Waals surface area (Å²) in [6, 6.07) is 1.72. The summed E-state index contributed by atoms with van der Waals surface area (Å²) in [6.45, 7) is -0.240. The first-order valence-electron chi connectivity index (χ1n) is 6.05. The van der Waals surface area contributed by atoms with Gasteiger partial charge in [-0.25, -0.2) is 4.98 Å². The van der Waals surface area contributed by atoms with Crippen molar-refractivity contribution in [3.05, 3.63) is 29.0 Å². The lowest BCUT2D eigenvalue weighted by Crippen LogP contribution is -2.24. The van der Waals surface area contributed by atoms with E-state index in [0.717, 1.165) is 0 Å². The van der Waals surface area contributed by atoms with Gasteiger partial charge >= 0.3 is 0 Å². The van der Waals surface area contributed by atoms with Crippen LogP contribution in [0.2, 0.25) is 0 Å². The van der Waals surface area contributed by atoms with Gasteiger partial charge in [-0.3, -0.25) is 4.98 Å². The molecule has 9 nitrogen and oxygen atoms in total. The summed E-state index contributed by atoms with van der Waals surface area (Å²) < 4.78 is 7.30. The molecular formula is C11H12N6O3. The van der Waals surface area contributed by atoms with Crippen molar-refractivity contribution in [1.29, 1.82) is 0 Å². The zero-order chi connectivity index (χ0) is 14.1. The van der Waals surface area contributed by atoms with Crippen LogP contribution in [0.1, 0.15) is 12.6 Å². The molecule has 9 heteroatoms. The first-order chi connectivity index (χ1) is 9.74. The van der Waals surface area contributed by atoms with Crippen LogP contribution >= 0.6 is 0 Å². The number of fused-ring (bicyclic) bond motifs is 1. The van der Waals surface area contributed by atoms with Crippen molar-refractivity contribution in [1.82, 2.24) is 14.5 Å². The average Bonchev–Trinajstić information content (AvgIpc) is 3.03. The summed E-state index contributed by atoms with van der Waals surface area (Å²) >= 11 is 0. The zero-order valence-corrected chi connectivity index (χ0v) is 10.4. The lowest BCUT2D eigenvalue weighted by atomic mass is 10.2. The van der Waals surface area contributed by atoms with Gasteiger partial charge < -0.3 is 19.5 Å². The Morgan fingerprint density at radius 3 is 3.10 bits per heavy atom. The minimum Gasteiger partial charge on any atom is -0.394 e. The molecule has 20 heavy (non-hydrogen) atoms. The van der Waals surface area contributed by atoms with Gasteiger partial charge in [0.1, 0.15) is 17.8 Å². The molecule has 0 spiro atoms. The van der Waals surface area contributed by atoms with Gasteiger partial charge in [-0.1, -0.05) is 0 Å². The highest BCUT2D eigenvalue weighted by molar-refractivity contribution is 5.84. The van der Waals surface area contributed by atoms with Crippen LogP contribution in [0.4, 0.5) is 5.82 Å². The van der Waals surface area contributed by atoms with Crippen molar-refractivity contribution < 1.29 is 14.9 Å². The third-order valence-electron chi connectivity index (χ3n) is 3.31. The van der Waals surface area contributed by atoms with Crippen molar-refractivity contribution in [2.24, 2.45) is 5.11 Å². The van der Waals surface area contributed by atoms with E-state index in [2.05, 4.69) is 20.0 Å². The fourth-order valence-electron chi connectivity index (χ4n) is 2.34. The number of imidazole rings is 1. The Kier molecular flexibility index (Phi) is 3.25. The van der Waals surface area contributed by atoms with Crippen LogP contribution in [-0.4, -0.2) is 43.6 Å². The fourth-order valence-corrected chi connectivity index (χ4v) is 2.34. The standard InChI is InChI=1S/C11H12N6O3/c12-16-15-11-10-6(1-2-13-11)17(5-14-10)9-3-7(19)8(4-18)20-9/h1-2,5,7-9,18-19H,3-4H2. The molecule has 3 heterocycles. The number of hydrogen-bond donors (Lipinski definition) is 2. The summed E-state index contributed by atoms with van der Waals surface area (Å²) in [5, 5.41) is 22.4. The monoisotopic (exact) mass is 276 g/mol. The second-order valence-electron chi connectivity index (χ2n) is 4.46. The van der Waals surface area contributed by atoms with Crippen LogP contribution in [0.25, 0.3) is 21.5 Å². The fraction of sp³-hybridized carbons (Fsp3) is 0.455. The second-order valence-corrected chi connectivity index (χ2v) is 4.46. The van der Waals surface area contributed by atoms with E-state index in [1.165, 1.54) is 6.20 Å². The molecule has 3 unspecified atom stereocenters. The maximum absolute atomic E-state index is 9.77. The molecule has 3 atom stereocenters. The van der Waals surface area contributed by atoms with Gasteiger partial charge in [-0.15, -0.1) is 0 Å². The first-order valence-corrected chi connectivity index (χ1v) is 6.05. The maximum Gasteiger partial charge on any atom is 0.154 e. The number of rotatable bonds is 3. The van der Waals surface area contributed by atoms with Gasteiger partial charge in [0.05, 0.1) is 24.6 Å². The molecule has 2 aromatic rings. The van der Waals surface area contributed by atoms with Gasteiger partial charge in [0.2, 0.25) is 0 Å². The van der Waals surface area contributed by atoms with Crippen LogP contribution in [0.5, 0.6) is 0 Å². The average molecular weight is 276 g/mol. The molecule has 0 aliphatic carbocycles. The normalized spacial score (nSPS) is 25.8. The molecule has 0 radical (unpaired) electrons. The smallest absolute Gasteiger partial charge is 0.154 e. The van der Waals surface area contributed by atoms with Gasteiger partial charge in [0.25, 0.3) is 0 Å². The first kappa shape index (κ1) is 12.8. The largest absolute Gasteiger partial charge is 0.394 e. The Morgan fingerprint density at radius 2 is 2.40 bits per heavy atom. The van der Waals surface area contributed by atoms with E-state index < -0.39 is 18.4 Å². The molecule has 0 aromatic carbocycles. The topological polar surface area (TPSA) is 129 Å². The number of aliphatic hydroxyl groups is 2. The molecule has 0 saturated carbocycles. The summed E-state index contributed by atoms with van der Waals surface area (Å²) in [6.07, 6.45) is 1.67. The molecular weight excluding hydrogens is 264 g/mol. The van der Waals surface area contributed by atoms with Gasteiger partial charge in [-0.05, 0) is 16.7 Å². The predicted molar refractivity (Wildman–Crippen MR) is 68.0 cm³/mol. The van der Waals surface area contributed by atoms with Crippen molar-refractivity contribution >= 4 is 16.9 Å². The highest BCUT2D eigenvalue weighted by Crippen LogP contribution is 2.32. The minimum atomic E-state index is -0.721. The Morgan fingerprint density at radius 1 is 1.55 bits per heavy atom. The van der Waals surface area contributed by atoms with E-state index in [9.17, 15) is 5.11 Å². The zero-order valence-electron chi connectivity index (χ0n) is 10.4. The molecule has 1 aliphatic heterocycles. The summed E-state index contributed by atoms with van der Waals surface area (Å²) in [7, 11) is 0. The molecule has 0 amide bonds. The minimum absolute atomic E-state index is 0.195. The third-order valence-corrected chi connectivity index (χ3v) is 3.31. The van der Waals surface area contributed by atoms with E-state index >= 15 is 0 Å². The number of aliphatic hydroxyl groups excluding tert-OH is 2. The van der Waals surface area contributed by atoms with Gasteiger partial charge in [0.15, 0.2) is 5.82 Å².